The molecule has 1 fully saturated rings. The lowest BCUT2D eigenvalue weighted by Crippen LogP contribution is -2.51. The van der Waals surface area contributed by atoms with Crippen LogP contribution in [0.25, 0.3) is 10.9 Å². The lowest BCUT2D eigenvalue weighted by Gasteiger charge is -2.37. The first-order chi connectivity index (χ1) is 16.3. The fourth-order valence-corrected chi connectivity index (χ4v) is 4.24. The number of amides is 2. The van der Waals surface area contributed by atoms with Crippen LogP contribution in [-0.4, -0.2) is 89.4 Å². The zero-order chi connectivity index (χ0) is 24.2. The SMILES string of the molecule is CN(C)C(=O)CN1CCN(C(C(=O)O)c2c[nH]c3ccc(NC(=O)c4ccccc4)cc23)CC1. The normalized spacial score (nSPS) is 15.7. The van der Waals surface area contributed by atoms with Crippen LogP contribution >= 0.6 is 0 Å². The number of fused-ring (bicyclic) bond motifs is 1. The second-order valence-electron chi connectivity index (χ2n) is 8.67. The standard InChI is InChI=1S/C25H29N5O4/c1-28(2)22(31)16-29-10-12-30(13-11-29)23(25(33)34)20-15-26-21-9-8-18(14-19(20)21)27-24(32)17-6-4-3-5-7-17/h3-9,14-15,23,26H,10-13,16H2,1-2H3,(H,27,32)(H,33,34). The van der Waals surface area contributed by atoms with E-state index in [4.69, 9.17) is 0 Å². The number of likely N-dealkylation sites (N-methyl/N-ethyl adjacent to an activating group) is 1. The fourth-order valence-electron chi connectivity index (χ4n) is 4.24. The van der Waals surface area contributed by atoms with Gasteiger partial charge in [0.25, 0.3) is 5.91 Å². The maximum absolute atomic E-state index is 12.6. The van der Waals surface area contributed by atoms with Crippen molar-refractivity contribution >= 4 is 34.4 Å². The second-order valence-corrected chi connectivity index (χ2v) is 8.67. The van der Waals surface area contributed by atoms with Crippen LogP contribution in [0.3, 0.4) is 0 Å². The minimum Gasteiger partial charge on any atom is -0.480 e. The molecule has 9 nitrogen and oxygen atoms in total. The Labute approximate surface area is 197 Å². The van der Waals surface area contributed by atoms with E-state index in [9.17, 15) is 19.5 Å². The molecule has 0 aliphatic carbocycles. The van der Waals surface area contributed by atoms with E-state index in [0.29, 0.717) is 49.5 Å². The Morgan fingerprint density at radius 2 is 1.76 bits per heavy atom. The van der Waals surface area contributed by atoms with Crippen LogP contribution in [0.1, 0.15) is 22.0 Å². The third kappa shape index (κ3) is 5.11. The lowest BCUT2D eigenvalue weighted by atomic mass is 10.0. The number of carboxylic acids is 1. The van der Waals surface area contributed by atoms with Crippen LogP contribution in [0, 0.1) is 0 Å². The molecule has 1 aliphatic heterocycles. The molecule has 0 spiro atoms. The molecular weight excluding hydrogens is 434 g/mol. The van der Waals surface area contributed by atoms with Gasteiger partial charge in [-0.2, -0.15) is 0 Å². The summed E-state index contributed by atoms with van der Waals surface area (Å²) in [5.74, 6) is -1.13. The van der Waals surface area contributed by atoms with E-state index in [1.54, 1.807) is 55.5 Å². The third-order valence-corrected chi connectivity index (χ3v) is 6.17. The smallest absolute Gasteiger partial charge is 0.325 e. The molecule has 34 heavy (non-hydrogen) atoms. The highest BCUT2D eigenvalue weighted by Gasteiger charge is 2.32. The molecule has 1 aromatic heterocycles. The molecule has 178 valence electrons. The number of aromatic amines is 1. The van der Waals surface area contributed by atoms with E-state index in [0.717, 1.165) is 10.9 Å². The number of carboxylic acid groups (broad SMARTS) is 1. The summed E-state index contributed by atoms with van der Waals surface area (Å²) in [7, 11) is 3.46. The molecule has 1 atom stereocenters. The number of hydrogen-bond acceptors (Lipinski definition) is 5. The van der Waals surface area contributed by atoms with Gasteiger partial charge in [-0.3, -0.25) is 24.2 Å². The Hall–Kier alpha value is -3.69. The number of aromatic nitrogens is 1. The first kappa shape index (κ1) is 23.5. The number of benzene rings is 2. The van der Waals surface area contributed by atoms with Gasteiger partial charge in [-0.15, -0.1) is 0 Å². The molecule has 9 heteroatoms. The van der Waals surface area contributed by atoms with E-state index in [2.05, 4.69) is 10.3 Å². The van der Waals surface area contributed by atoms with Crippen LogP contribution in [0.15, 0.2) is 54.7 Å². The van der Waals surface area contributed by atoms with Crippen molar-refractivity contribution in [2.75, 3.05) is 52.1 Å². The summed E-state index contributed by atoms with van der Waals surface area (Å²) in [4.78, 5) is 45.6. The van der Waals surface area contributed by atoms with Gasteiger partial charge >= 0.3 is 5.97 Å². The molecule has 3 aromatic rings. The summed E-state index contributed by atoms with van der Waals surface area (Å²) in [6.45, 7) is 2.63. The maximum atomic E-state index is 12.6. The van der Waals surface area contributed by atoms with E-state index in [-0.39, 0.29) is 11.8 Å². The largest absolute Gasteiger partial charge is 0.480 e. The molecule has 3 N–H and O–H groups in total. The summed E-state index contributed by atoms with van der Waals surface area (Å²) >= 11 is 0. The molecule has 2 aromatic carbocycles. The Morgan fingerprint density at radius 1 is 1.06 bits per heavy atom. The monoisotopic (exact) mass is 463 g/mol. The molecule has 2 amide bonds. The van der Waals surface area contributed by atoms with Crippen LogP contribution in [-0.2, 0) is 9.59 Å². The topological polar surface area (TPSA) is 109 Å². The van der Waals surface area contributed by atoms with Crippen molar-refractivity contribution in [2.24, 2.45) is 0 Å². The molecule has 0 saturated carbocycles. The summed E-state index contributed by atoms with van der Waals surface area (Å²) in [5.41, 5.74) is 2.59. The van der Waals surface area contributed by atoms with Crippen LogP contribution in [0.2, 0.25) is 0 Å². The highest BCUT2D eigenvalue weighted by Crippen LogP contribution is 2.31. The number of anilines is 1. The van der Waals surface area contributed by atoms with Crippen molar-refractivity contribution in [3.63, 3.8) is 0 Å². The summed E-state index contributed by atoms with van der Waals surface area (Å²) < 4.78 is 0. The van der Waals surface area contributed by atoms with Crippen LogP contribution in [0.5, 0.6) is 0 Å². The molecule has 0 bridgehead atoms. The zero-order valence-corrected chi connectivity index (χ0v) is 19.3. The van der Waals surface area contributed by atoms with Crippen molar-refractivity contribution in [3.8, 4) is 0 Å². The average Bonchev–Trinajstić information content (AvgIpc) is 3.23. The minimum absolute atomic E-state index is 0.0324. The Balaban J connectivity index is 1.52. The van der Waals surface area contributed by atoms with Gasteiger partial charge in [-0.1, -0.05) is 18.2 Å². The number of carbonyl (C=O) groups is 3. The average molecular weight is 464 g/mol. The van der Waals surface area contributed by atoms with Crippen molar-refractivity contribution < 1.29 is 19.5 Å². The van der Waals surface area contributed by atoms with Gasteiger partial charge in [-0.25, -0.2) is 0 Å². The Morgan fingerprint density at radius 3 is 2.41 bits per heavy atom. The van der Waals surface area contributed by atoms with Gasteiger partial charge in [0, 0.05) is 74.2 Å². The van der Waals surface area contributed by atoms with Gasteiger partial charge in [0.05, 0.1) is 6.54 Å². The number of carbonyl (C=O) groups excluding carboxylic acids is 2. The summed E-state index contributed by atoms with van der Waals surface area (Å²) in [6.07, 6.45) is 1.73. The van der Waals surface area contributed by atoms with E-state index in [1.165, 1.54) is 0 Å². The predicted molar refractivity (Wildman–Crippen MR) is 130 cm³/mol. The molecule has 4 rings (SSSR count). The van der Waals surface area contributed by atoms with E-state index < -0.39 is 12.0 Å². The van der Waals surface area contributed by atoms with Crippen molar-refractivity contribution in [3.05, 3.63) is 65.9 Å². The minimum atomic E-state index is -0.933. The van der Waals surface area contributed by atoms with E-state index in [1.807, 2.05) is 28.0 Å². The molecular formula is C25H29N5O4. The summed E-state index contributed by atoms with van der Waals surface area (Å²) in [5, 5.41) is 13.7. The van der Waals surface area contributed by atoms with Gasteiger partial charge in [0.15, 0.2) is 0 Å². The molecule has 1 aliphatic rings. The van der Waals surface area contributed by atoms with Gasteiger partial charge in [0.2, 0.25) is 5.91 Å². The lowest BCUT2D eigenvalue weighted by molar-refractivity contribution is -0.145. The Bertz CT molecular complexity index is 1180. The number of hydrogen-bond donors (Lipinski definition) is 3. The fraction of sp³-hybridized carbons (Fsp3) is 0.320. The van der Waals surface area contributed by atoms with Crippen LogP contribution in [0.4, 0.5) is 5.69 Å². The maximum Gasteiger partial charge on any atom is 0.325 e. The number of nitrogens with one attached hydrogen (secondary N) is 2. The van der Waals surface area contributed by atoms with Crippen molar-refractivity contribution in [1.82, 2.24) is 19.7 Å². The number of rotatable bonds is 7. The van der Waals surface area contributed by atoms with Gasteiger partial charge in [0.1, 0.15) is 6.04 Å². The van der Waals surface area contributed by atoms with Crippen LogP contribution < -0.4 is 5.32 Å². The molecule has 0 radical (unpaired) electrons. The highest BCUT2D eigenvalue weighted by atomic mass is 16.4. The van der Waals surface area contributed by atoms with Gasteiger partial charge < -0.3 is 20.3 Å². The molecule has 2 heterocycles. The summed E-state index contributed by atoms with van der Waals surface area (Å²) in [6, 6.07) is 13.5. The predicted octanol–water partition coefficient (Wildman–Crippen LogP) is 2.25. The first-order valence-corrected chi connectivity index (χ1v) is 11.2. The quantitative estimate of drug-likeness (QED) is 0.496. The van der Waals surface area contributed by atoms with E-state index >= 15 is 0 Å². The number of H-pyrrole nitrogens is 1. The van der Waals surface area contributed by atoms with Crippen molar-refractivity contribution in [2.45, 2.75) is 6.04 Å². The second kappa shape index (κ2) is 10.1. The molecule has 1 unspecified atom stereocenters. The Kier molecular flexibility index (Phi) is 6.95. The molecule has 1 saturated heterocycles. The number of nitrogens with zero attached hydrogens (tertiary/aromatic N) is 3. The highest BCUT2D eigenvalue weighted by molar-refractivity contribution is 6.05. The van der Waals surface area contributed by atoms with Gasteiger partial charge in [-0.05, 0) is 30.3 Å². The number of aliphatic carboxylic acids is 1. The first-order valence-electron chi connectivity index (χ1n) is 11.2. The third-order valence-electron chi connectivity index (χ3n) is 6.17. The van der Waals surface area contributed by atoms with Crippen molar-refractivity contribution in [1.29, 1.82) is 0 Å². The zero-order valence-electron chi connectivity index (χ0n) is 19.3. The number of piperazine rings is 1.